The average Bonchev–Trinajstić information content (AvgIpc) is 2.12. The molecule has 0 unspecified atom stereocenters. The average molecular weight is 256 g/mol. The zero-order valence-corrected chi connectivity index (χ0v) is 13.3. The summed E-state index contributed by atoms with van der Waals surface area (Å²) in [5, 5.41) is 3.51. The lowest BCUT2D eigenvalue weighted by Gasteiger charge is -2.40. The Kier molecular flexibility index (Phi) is 6.02. The summed E-state index contributed by atoms with van der Waals surface area (Å²) in [5.41, 5.74) is 4.68. The molecule has 0 spiro atoms. The fraction of sp³-hybridized carbons (Fsp3) is 0.933. The van der Waals surface area contributed by atoms with Crippen molar-refractivity contribution in [1.29, 1.82) is 0 Å². The van der Waals surface area contributed by atoms with Gasteiger partial charge in [0.2, 0.25) is 0 Å². The molecule has 0 aromatic rings. The van der Waals surface area contributed by atoms with Gasteiger partial charge in [-0.1, -0.05) is 20.8 Å². The second-order valence-corrected chi connectivity index (χ2v) is 7.53. The second kappa shape index (κ2) is 6.16. The first-order valence-electron chi connectivity index (χ1n) is 6.97. The third kappa shape index (κ3) is 5.96. The first kappa shape index (κ1) is 17.6. The molecule has 0 aliphatic rings. The Morgan fingerprint density at radius 2 is 1.50 bits per heavy atom. The third-order valence-corrected chi connectivity index (χ3v) is 2.96. The van der Waals surface area contributed by atoms with Crippen LogP contribution in [0.4, 0.5) is 0 Å². The molecule has 0 heterocycles. The summed E-state index contributed by atoms with van der Waals surface area (Å²) < 4.78 is 0. The monoisotopic (exact) mass is 256 g/mol. The number of hydrogen-bond donors (Lipinski definition) is 2. The molecule has 0 amide bonds. The molecule has 18 heavy (non-hydrogen) atoms. The number of carbonyl (C=O) groups is 1. The third-order valence-electron chi connectivity index (χ3n) is 2.96. The van der Waals surface area contributed by atoms with Crippen LogP contribution >= 0.6 is 0 Å². The lowest BCUT2D eigenvalue weighted by molar-refractivity contribution is -0.133. The fourth-order valence-electron chi connectivity index (χ4n) is 2.51. The largest absolute Gasteiger partial charge is 0.330 e. The number of hydrogen-bond acceptors (Lipinski definition) is 3. The normalized spacial score (nSPS) is 16.4. The zero-order valence-electron chi connectivity index (χ0n) is 13.3. The molecule has 0 saturated heterocycles. The summed E-state index contributed by atoms with van der Waals surface area (Å²) in [4.78, 5) is 12.7. The lowest BCUT2D eigenvalue weighted by atomic mass is 9.75. The van der Waals surface area contributed by atoms with Crippen molar-refractivity contribution >= 4 is 5.78 Å². The molecule has 108 valence electrons. The molecule has 0 rings (SSSR count). The van der Waals surface area contributed by atoms with Crippen LogP contribution < -0.4 is 11.1 Å². The van der Waals surface area contributed by atoms with Crippen LogP contribution in [0.2, 0.25) is 0 Å². The zero-order chi connectivity index (χ0) is 14.6. The maximum absolute atomic E-state index is 12.7. The van der Waals surface area contributed by atoms with E-state index in [-0.39, 0.29) is 16.7 Å². The van der Waals surface area contributed by atoms with Crippen molar-refractivity contribution < 1.29 is 4.79 Å². The van der Waals surface area contributed by atoms with Crippen molar-refractivity contribution in [2.45, 2.75) is 78.8 Å². The summed E-state index contributed by atoms with van der Waals surface area (Å²) >= 11 is 0. The standard InChI is InChI=1S/C15H32N2O/c1-13(2,3)12(18)15(7,10-8-9-11-16)17-14(4,5)6/h17H,8-11,16H2,1-7H3/t15-/m1/s1. The topological polar surface area (TPSA) is 55.1 Å². The van der Waals surface area contributed by atoms with Gasteiger partial charge in [-0.2, -0.15) is 0 Å². The Hall–Kier alpha value is -0.410. The fourth-order valence-corrected chi connectivity index (χ4v) is 2.51. The summed E-state index contributed by atoms with van der Waals surface area (Å²) in [5.74, 6) is 0.280. The highest BCUT2D eigenvalue weighted by Gasteiger charge is 2.41. The molecule has 0 saturated carbocycles. The molecule has 1 atom stereocenters. The highest BCUT2D eigenvalue weighted by molar-refractivity contribution is 5.92. The molecule has 0 bridgehead atoms. The van der Waals surface area contributed by atoms with E-state index in [1.54, 1.807) is 0 Å². The predicted octanol–water partition coefficient (Wildman–Crippen LogP) is 2.88. The Balaban J connectivity index is 4.97. The number of ketones is 1. The molecule has 0 aliphatic heterocycles. The van der Waals surface area contributed by atoms with Gasteiger partial charge in [0.15, 0.2) is 5.78 Å². The van der Waals surface area contributed by atoms with Crippen molar-refractivity contribution in [2.24, 2.45) is 11.1 Å². The molecule has 0 aromatic carbocycles. The van der Waals surface area contributed by atoms with Crippen molar-refractivity contribution in [3.05, 3.63) is 0 Å². The van der Waals surface area contributed by atoms with Crippen LogP contribution in [0, 0.1) is 5.41 Å². The van der Waals surface area contributed by atoms with Crippen molar-refractivity contribution in [3.8, 4) is 0 Å². The Bertz CT molecular complexity index is 273. The van der Waals surface area contributed by atoms with Gasteiger partial charge in [-0.3, -0.25) is 4.79 Å². The van der Waals surface area contributed by atoms with Gasteiger partial charge in [0.1, 0.15) is 0 Å². The van der Waals surface area contributed by atoms with E-state index in [2.05, 4.69) is 26.1 Å². The number of carbonyl (C=O) groups excluding carboxylic acids is 1. The van der Waals surface area contributed by atoms with Gasteiger partial charge in [0.25, 0.3) is 0 Å². The van der Waals surface area contributed by atoms with E-state index in [4.69, 9.17) is 5.73 Å². The van der Waals surface area contributed by atoms with Crippen molar-refractivity contribution in [3.63, 3.8) is 0 Å². The number of unbranched alkanes of at least 4 members (excludes halogenated alkanes) is 1. The van der Waals surface area contributed by atoms with E-state index < -0.39 is 5.54 Å². The van der Waals surface area contributed by atoms with Gasteiger partial charge in [0, 0.05) is 11.0 Å². The van der Waals surface area contributed by atoms with E-state index in [0.717, 1.165) is 19.3 Å². The van der Waals surface area contributed by atoms with Crippen LogP contribution in [0.3, 0.4) is 0 Å². The summed E-state index contributed by atoms with van der Waals surface area (Å²) in [6, 6.07) is 0. The van der Waals surface area contributed by atoms with Crippen molar-refractivity contribution in [2.75, 3.05) is 6.54 Å². The van der Waals surface area contributed by atoms with E-state index in [0.29, 0.717) is 6.54 Å². The van der Waals surface area contributed by atoms with Gasteiger partial charge in [0.05, 0.1) is 5.54 Å². The number of nitrogens with two attached hydrogens (primary N) is 1. The highest BCUT2D eigenvalue weighted by Crippen LogP contribution is 2.28. The molecule has 0 radical (unpaired) electrons. The molecular formula is C15H32N2O. The van der Waals surface area contributed by atoms with Crippen LogP contribution in [0.1, 0.15) is 67.7 Å². The van der Waals surface area contributed by atoms with Crippen LogP contribution in [0.5, 0.6) is 0 Å². The number of Topliss-reactive ketones (excluding diaryl/α,β-unsaturated/α-hetero) is 1. The Morgan fingerprint density at radius 3 is 1.83 bits per heavy atom. The predicted molar refractivity (Wildman–Crippen MR) is 78.7 cm³/mol. The van der Waals surface area contributed by atoms with Crippen LogP contribution in [0.25, 0.3) is 0 Å². The number of rotatable bonds is 6. The minimum absolute atomic E-state index is 0.0711. The van der Waals surface area contributed by atoms with Gasteiger partial charge >= 0.3 is 0 Å². The van der Waals surface area contributed by atoms with E-state index >= 15 is 0 Å². The van der Waals surface area contributed by atoms with E-state index in [1.807, 2.05) is 27.7 Å². The first-order valence-corrected chi connectivity index (χ1v) is 6.97. The van der Waals surface area contributed by atoms with Crippen LogP contribution in [-0.2, 0) is 4.79 Å². The van der Waals surface area contributed by atoms with E-state index in [1.165, 1.54) is 0 Å². The molecule has 3 nitrogen and oxygen atoms in total. The Morgan fingerprint density at radius 1 is 1.00 bits per heavy atom. The highest BCUT2D eigenvalue weighted by atomic mass is 16.1. The maximum Gasteiger partial charge on any atom is 0.157 e. The van der Waals surface area contributed by atoms with Crippen molar-refractivity contribution in [1.82, 2.24) is 5.32 Å². The summed E-state index contributed by atoms with van der Waals surface area (Å²) in [6.45, 7) is 15.0. The second-order valence-electron chi connectivity index (χ2n) is 7.53. The molecule has 3 N–H and O–H groups in total. The lowest BCUT2D eigenvalue weighted by Crippen LogP contribution is -2.59. The molecule has 0 aromatic heterocycles. The van der Waals surface area contributed by atoms with Gasteiger partial charge < -0.3 is 11.1 Å². The molecule has 0 aliphatic carbocycles. The SMILES string of the molecule is CC(C)(C)N[C@](C)(CCCCN)C(=O)C(C)(C)C. The first-order chi connectivity index (χ1) is 7.92. The molecule has 0 fully saturated rings. The molecular weight excluding hydrogens is 224 g/mol. The van der Waals surface area contributed by atoms with Gasteiger partial charge in [-0.15, -0.1) is 0 Å². The maximum atomic E-state index is 12.7. The van der Waals surface area contributed by atoms with E-state index in [9.17, 15) is 4.79 Å². The van der Waals surface area contributed by atoms with Gasteiger partial charge in [-0.05, 0) is 53.5 Å². The Labute approximate surface area is 113 Å². The minimum atomic E-state index is -0.467. The minimum Gasteiger partial charge on any atom is -0.330 e. The smallest absolute Gasteiger partial charge is 0.157 e. The van der Waals surface area contributed by atoms with Gasteiger partial charge in [-0.25, -0.2) is 0 Å². The van der Waals surface area contributed by atoms with Crippen LogP contribution in [0.15, 0.2) is 0 Å². The quantitative estimate of drug-likeness (QED) is 0.719. The number of nitrogens with one attached hydrogen (secondary N) is 1. The summed E-state index contributed by atoms with van der Waals surface area (Å²) in [6.07, 6.45) is 2.80. The molecule has 3 heteroatoms. The van der Waals surface area contributed by atoms with Crippen LogP contribution in [-0.4, -0.2) is 23.4 Å². The summed E-state index contributed by atoms with van der Waals surface area (Å²) in [7, 11) is 0.